The zero-order valence-corrected chi connectivity index (χ0v) is 11.6. The summed E-state index contributed by atoms with van der Waals surface area (Å²) in [4.78, 5) is 19.7. The SMILES string of the molecule is N#Cc1c[nH]c(C(=O)N2CCC(N3CCCCC3)C2)c1. The van der Waals surface area contributed by atoms with Crippen LogP contribution in [0.15, 0.2) is 12.3 Å². The number of amides is 1. The Labute approximate surface area is 119 Å². The average molecular weight is 272 g/mol. The lowest BCUT2D eigenvalue weighted by Crippen LogP contribution is -2.41. The molecular weight excluding hydrogens is 252 g/mol. The van der Waals surface area contributed by atoms with Crippen molar-refractivity contribution in [1.82, 2.24) is 14.8 Å². The van der Waals surface area contributed by atoms with Crippen LogP contribution < -0.4 is 0 Å². The van der Waals surface area contributed by atoms with Gasteiger partial charge in [-0.2, -0.15) is 5.26 Å². The summed E-state index contributed by atoms with van der Waals surface area (Å²) in [6.45, 7) is 3.99. The molecule has 5 heteroatoms. The summed E-state index contributed by atoms with van der Waals surface area (Å²) < 4.78 is 0. The molecule has 1 unspecified atom stereocenters. The molecular formula is C15H20N4O. The van der Waals surface area contributed by atoms with E-state index in [1.165, 1.54) is 32.4 Å². The van der Waals surface area contributed by atoms with E-state index < -0.39 is 0 Å². The number of aromatic nitrogens is 1. The predicted molar refractivity (Wildman–Crippen MR) is 75.2 cm³/mol. The lowest BCUT2D eigenvalue weighted by atomic mass is 10.1. The van der Waals surface area contributed by atoms with Crippen LogP contribution in [0.3, 0.4) is 0 Å². The van der Waals surface area contributed by atoms with Gasteiger partial charge in [-0.1, -0.05) is 6.42 Å². The molecule has 3 heterocycles. The molecule has 1 atom stereocenters. The number of likely N-dealkylation sites (tertiary alicyclic amines) is 2. The van der Waals surface area contributed by atoms with Crippen molar-refractivity contribution in [3.8, 4) is 6.07 Å². The molecule has 1 amide bonds. The van der Waals surface area contributed by atoms with Gasteiger partial charge in [0.15, 0.2) is 0 Å². The fraction of sp³-hybridized carbons (Fsp3) is 0.600. The first kappa shape index (κ1) is 13.2. The number of carbonyl (C=O) groups excluding carboxylic acids is 1. The third-order valence-electron chi connectivity index (χ3n) is 4.40. The molecule has 106 valence electrons. The average Bonchev–Trinajstić information content (AvgIpc) is 3.17. The van der Waals surface area contributed by atoms with Crippen LogP contribution in [-0.2, 0) is 0 Å². The third-order valence-corrected chi connectivity index (χ3v) is 4.40. The van der Waals surface area contributed by atoms with Crippen LogP contribution in [0.1, 0.15) is 41.7 Å². The topological polar surface area (TPSA) is 63.1 Å². The van der Waals surface area contributed by atoms with Crippen LogP contribution in [0.4, 0.5) is 0 Å². The fourth-order valence-corrected chi connectivity index (χ4v) is 3.26. The molecule has 5 nitrogen and oxygen atoms in total. The van der Waals surface area contributed by atoms with E-state index in [1.807, 2.05) is 11.0 Å². The van der Waals surface area contributed by atoms with Gasteiger partial charge in [-0.3, -0.25) is 9.69 Å². The maximum Gasteiger partial charge on any atom is 0.270 e. The standard InChI is InChI=1S/C15H20N4O/c16-9-12-8-14(17-10-12)15(20)19-7-4-13(11-19)18-5-2-1-3-6-18/h8,10,13,17H,1-7,11H2. The van der Waals surface area contributed by atoms with Crippen molar-refractivity contribution in [3.63, 3.8) is 0 Å². The second-order valence-electron chi connectivity index (χ2n) is 5.70. The van der Waals surface area contributed by atoms with Crippen molar-refractivity contribution in [2.24, 2.45) is 0 Å². The lowest BCUT2D eigenvalue weighted by molar-refractivity contribution is 0.0766. The van der Waals surface area contributed by atoms with Crippen molar-refractivity contribution >= 4 is 5.91 Å². The van der Waals surface area contributed by atoms with Gasteiger partial charge < -0.3 is 9.88 Å². The normalized spacial score (nSPS) is 23.8. The molecule has 0 saturated carbocycles. The minimum absolute atomic E-state index is 0.0195. The molecule has 2 fully saturated rings. The molecule has 2 aliphatic heterocycles. The maximum atomic E-state index is 12.4. The fourth-order valence-electron chi connectivity index (χ4n) is 3.26. The van der Waals surface area contributed by atoms with Gasteiger partial charge in [0.25, 0.3) is 5.91 Å². The molecule has 3 rings (SSSR count). The minimum atomic E-state index is 0.0195. The molecule has 0 spiro atoms. The Morgan fingerprint density at radius 3 is 2.80 bits per heavy atom. The van der Waals surface area contributed by atoms with E-state index in [0.717, 1.165) is 19.5 Å². The van der Waals surface area contributed by atoms with Gasteiger partial charge in [0.1, 0.15) is 11.8 Å². The Bertz CT molecular complexity index is 524. The smallest absolute Gasteiger partial charge is 0.270 e. The first-order valence-electron chi connectivity index (χ1n) is 7.40. The van der Waals surface area contributed by atoms with E-state index in [0.29, 0.717) is 17.3 Å². The van der Waals surface area contributed by atoms with Gasteiger partial charge in [0.2, 0.25) is 0 Å². The van der Waals surface area contributed by atoms with Crippen LogP contribution in [0.25, 0.3) is 0 Å². The van der Waals surface area contributed by atoms with Crippen molar-refractivity contribution in [1.29, 1.82) is 5.26 Å². The molecule has 1 aromatic rings. The second kappa shape index (κ2) is 5.68. The summed E-state index contributed by atoms with van der Waals surface area (Å²) in [5, 5.41) is 8.81. The number of H-pyrrole nitrogens is 1. The summed E-state index contributed by atoms with van der Waals surface area (Å²) >= 11 is 0. The highest BCUT2D eigenvalue weighted by atomic mass is 16.2. The van der Waals surface area contributed by atoms with Crippen LogP contribution >= 0.6 is 0 Å². The summed E-state index contributed by atoms with van der Waals surface area (Å²) in [5.74, 6) is 0.0195. The lowest BCUT2D eigenvalue weighted by Gasteiger charge is -2.32. The van der Waals surface area contributed by atoms with E-state index in [4.69, 9.17) is 5.26 Å². The Kier molecular flexibility index (Phi) is 3.75. The largest absolute Gasteiger partial charge is 0.356 e. The second-order valence-corrected chi connectivity index (χ2v) is 5.70. The van der Waals surface area contributed by atoms with Crippen LogP contribution in [0.5, 0.6) is 0 Å². The number of nitrogens with one attached hydrogen (secondary N) is 1. The Morgan fingerprint density at radius 1 is 1.30 bits per heavy atom. The van der Waals surface area contributed by atoms with E-state index in [9.17, 15) is 4.79 Å². The summed E-state index contributed by atoms with van der Waals surface area (Å²) in [6.07, 6.45) is 6.56. The van der Waals surface area contributed by atoms with Crippen molar-refractivity contribution in [2.75, 3.05) is 26.2 Å². The molecule has 1 N–H and O–H groups in total. The first-order valence-corrected chi connectivity index (χ1v) is 7.40. The highest BCUT2D eigenvalue weighted by Crippen LogP contribution is 2.21. The van der Waals surface area contributed by atoms with Gasteiger partial charge in [-0.25, -0.2) is 0 Å². The highest BCUT2D eigenvalue weighted by Gasteiger charge is 2.31. The molecule has 0 bridgehead atoms. The zero-order chi connectivity index (χ0) is 13.9. The van der Waals surface area contributed by atoms with E-state index >= 15 is 0 Å². The van der Waals surface area contributed by atoms with Crippen molar-refractivity contribution < 1.29 is 4.79 Å². The first-order chi connectivity index (χ1) is 9.78. The van der Waals surface area contributed by atoms with Gasteiger partial charge in [0.05, 0.1) is 5.56 Å². The molecule has 20 heavy (non-hydrogen) atoms. The summed E-state index contributed by atoms with van der Waals surface area (Å²) in [6, 6.07) is 4.20. The number of carbonyl (C=O) groups is 1. The molecule has 0 radical (unpaired) electrons. The van der Waals surface area contributed by atoms with E-state index in [-0.39, 0.29) is 5.91 Å². The number of rotatable bonds is 2. The Morgan fingerprint density at radius 2 is 2.10 bits per heavy atom. The molecule has 0 aromatic carbocycles. The Hall–Kier alpha value is -1.80. The van der Waals surface area contributed by atoms with Crippen LogP contribution in [-0.4, -0.2) is 52.9 Å². The number of piperidine rings is 1. The highest BCUT2D eigenvalue weighted by molar-refractivity contribution is 5.93. The third kappa shape index (κ3) is 2.56. The molecule has 2 saturated heterocycles. The molecule has 0 aliphatic carbocycles. The van der Waals surface area contributed by atoms with Crippen LogP contribution in [0.2, 0.25) is 0 Å². The number of hydrogen-bond donors (Lipinski definition) is 1. The number of nitrogens with zero attached hydrogens (tertiary/aromatic N) is 3. The quantitative estimate of drug-likeness (QED) is 0.889. The Balaban J connectivity index is 1.61. The van der Waals surface area contributed by atoms with Crippen LogP contribution in [0, 0.1) is 11.3 Å². The van der Waals surface area contributed by atoms with Crippen molar-refractivity contribution in [2.45, 2.75) is 31.7 Å². The monoisotopic (exact) mass is 272 g/mol. The van der Waals surface area contributed by atoms with E-state index in [1.54, 1.807) is 12.3 Å². The van der Waals surface area contributed by atoms with Gasteiger partial charge in [-0.05, 0) is 38.4 Å². The van der Waals surface area contributed by atoms with Gasteiger partial charge in [0, 0.05) is 25.3 Å². The molecule has 2 aliphatic rings. The zero-order valence-electron chi connectivity index (χ0n) is 11.6. The van der Waals surface area contributed by atoms with Crippen molar-refractivity contribution in [3.05, 3.63) is 23.5 Å². The number of aromatic amines is 1. The maximum absolute atomic E-state index is 12.4. The number of hydrogen-bond acceptors (Lipinski definition) is 3. The summed E-state index contributed by atoms with van der Waals surface area (Å²) in [5.41, 5.74) is 1.04. The minimum Gasteiger partial charge on any atom is -0.356 e. The van der Waals surface area contributed by atoms with Gasteiger partial charge in [-0.15, -0.1) is 0 Å². The molecule has 1 aromatic heterocycles. The van der Waals surface area contributed by atoms with Gasteiger partial charge >= 0.3 is 0 Å². The number of nitriles is 1. The van der Waals surface area contributed by atoms with E-state index in [2.05, 4.69) is 9.88 Å². The predicted octanol–water partition coefficient (Wildman–Crippen LogP) is 1.59. The summed E-state index contributed by atoms with van der Waals surface area (Å²) in [7, 11) is 0.